The highest BCUT2D eigenvalue weighted by molar-refractivity contribution is 4.98. The van der Waals surface area contributed by atoms with Crippen LogP contribution in [0.4, 0.5) is 8.78 Å². The summed E-state index contributed by atoms with van der Waals surface area (Å²) in [5.74, 6) is -0.126. The van der Waals surface area contributed by atoms with Gasteiger partial charge in [-0.2, -0.15) is 5.10 Å². The third-order valence-electron chi connectivity index (χ3n) is 1.98. The molecule has 2 atom stereocenters. The second kappa shape index (κ2) is 2.40. The Labute approximate surface area is 66.2 Å². The van der Waals surface area contributed by atoms with E-state index in [0.29, 0.717) is 0 Å². The lowest BCUT2D eigenvalue weighted by molar-refractivity contribution is 0.122. The number of alkyl halides is 2. The van der Waals surface area contributed by atoms with E-state index in [-0.39, 0.29) is 18.8 Å². The summed E-state index contributed by atoms with van der Waals surface area (Å²) in [6.45, 7) is 0.201. The lowest BCUT2D eigenvalue weighted by Crippen LogP contribution is -2.29. The van der Waals surface area contributed by atoms with Crippen molar-refractivity contribution in [1.29, 1.82) is 0 Å². The number of aromatic nitrogens is 3. The van der Waals surface area contributed by atoms with Crippen LogP contribution in [0.3, 0.4) is 0 Å². The number of hydrogen-bond donors (Lipinski definition) is 1. The van der Waals surface area contributed by atoms with E-state index in [1.807, 2.05) is 0 Å². The molecule has 0 fully saturated rings. The van der Waals surface area contributed by atoms with Gasteiger partial charge in [-0.25, -0.2) is 18.7 Å². The highest BCUT2D eigenvalue weighted by Gasteiger charge is 2.32. The lowest BCUT2D eigenvalue weighted by Gasteiger charge is -2.19. The third kappa shape index (κ3) is 0.870. The Balaban J connectivity index is 2.50. The Morgan fingerprint density at radius 3 is 3.08 bits per heavy atom. The summed E-state index contributed by atoms with van der Waals surface area (Å²) in [5, 5.41) is 5.48. The first kappa shape index (κ1) is 7.45. The van der Waals surface area contributed by atoms with E-state index < -0.39 is 18.0 Å². The van der Waals surface area contributed by atoms with Gasteiger partial charge in [0, 0.05) is 13.0 Å². The van der Waals surface area contributed by atoms with Gasteiger partial charge in [0.05, 0.1) is 0 Å². The molecule has 4 nitrogen and oxygen atoms in total. The van der Waals surface area contributed by atoms with E-state index in [1.54, 1.807) is 0 Å². The molecular weight excluding hydrogens is 168 g/mol. The van der Waals surface area contributed by atoms with Crippen LogP contribution in [0.5, 0.6) is 0 Å². The predicted octanol–water partition coefficient (Wildman–Crippen LogP) is 0.324. The maximum Gasteiger partial charge on any atom is 0.343 e. The van der Waals surface area contributed by atoms with Gasteiger partial charge >= 0.3 is 5.69 Å². The van der Waals surface area contributed by atoms with Gasteiger partial charge in [-0.3, -0.25) is 4.57 Å². The smallest absolute Gasteiger partial charge is 0.276 e. The fourth-order valence-corrected chi connectivity index (χ4v) is 1.32. The van der Waals surface area contributed by atoms with Crippen molar-refractivity contribution in [2.24, 2.45) is 0 Å². The van der Waals surface area contributed by atoms with E-state index >= 15 is 0 Å². The molecule has 1 aliphatic rings. The average Bonchev–Trinajstić information content (AvgIpc) is 2.41. The van der Waals surface area contributed by atoms with Gasteiger partial charge in [-0.15, -0.1) is 0 Å². The molecule has 12 heavy (non-hydrogen) atoms. The molecule has 0 saturated carbocycles. The fourth-order valence-electron chi connectivity index (χ4n) is 1.32. The number of rotatable bonds is 0. The molecule has 0 amide bonds. The molecule has 1 aliphatic heterocycles. The maximum atomic E-state index is 13.0. The van der Waals surface area contributed by atoms with Crippen LogP contribution in [0.15, 0.2) is 4.79 Å². The highest BCUT2D eigenvalue weighted by Crippen LogP contribution is 2.27. The van der Waals surface area contributed by atoms with Gasteiger partial charge in [-0.1, -0.05) is 0 Å². The van der Waals surface area contributed by atoms with Gasteiger partial charge in [-0.05, 0) is 0 Å². The van der Waals surface area contributed by atoms with Gasteiger partial charge in [0.1, 0.15) is 6.17 Å². The molecule has 0 spiro atoms. The minimum Gasteiger partial charge on any atom is -0.276 e. The summed E-state index contributed by atoms with van der Waals surface area (Å²) >= 11 is 0. The van der Waals surface area contributed by atoms with Gasteiger partial charge in [0.15, 0.2) is 12.0 Å². The van der Waals surface area contributed by atoms with Crippen LogP contribution < -0.4 is 5.69 Å². The summed E-state index contributed by atoms with van der Waals surface area (Å²) in [6.07, 6.45) is -3.27. The fraction of sp³-hybridized carbons (Fsp3) is 0.667. The van der Waals surface area contributed by atoms with E-state index in [2.05, 4.69) is 10.2 Å². The van der Waals surface area contributed by atoms with Crippen LogP contribution in [0.2, 0.25) is 0 Å². The number of fused-ring (bicyclic) bond motifs is 1. The predicted molar refractivity (Wildman–Crippen MR) is 36.2 cm³/mol. The Kier molecular flexibility index (Phi) is 1.49. The van der Waals surface area contributed by atoms with Gasteiger partial charge < -0.3 is 0 Å². The number of nitrogens with one attached hydrogen (secondary N) is 1. The van der Waals surface area contributed by atoms with E-state index in [1.165, 1.54) is 0 Å². The Morgan fingerprint density at radius 1 is 1.58 bits per heavy atom. The normalized spacial score (nSPS) is 28.5. The van der Waals surface area contributed by atoms with E-state index in [4.69, 9.17) is 0 Å². The molecule has 6 heteroatoms. The summed E-state index contributed by atoms with van der Waals surface area (Å²) in [4.78, 5) is 10.9. The second-order valence-electron chi connectivity index (χ2n) is 2.75. The highest BCUT2D eigenvalue weighted by atomic mass is 19.2. The second-order valence-corrected chi connectivity index (χ2v) is 2.75. The van der Waals surface area contributed by atoms with Crippen LogP contribution in [0.25, 0.3) is 0 Å². The first-order valence-corrected chi connectivity index (χ1v) is 3.63. The van der Waals surface area contributed by atoms with Crippen molar-refractivity contribution >= 4 is 0 Å². The SMILES string of the molecule is O=c1[nH]nc2n1CCC(F)C2F. The van der Waals surface area contributed by atoms with Crippen LogP contribution in [-0.4, -0.2) is 20.9 Å². The molecule has 2 rings (SSSR count). The van der Waals surface area contributed by atoms with Crippen LogP contribution >= 0.6 is 0 Å². The molecule has 0 aliphatic carbocycles. The third-order valence-corrected chi connectivity index (χ3v) is 1.98. The van der Waals surface area contributed by atoms with Crippen LogP contribution in [-0.2, 0) is 6.54 Å². The number of H-pyrrole nitrogens is 1. The molecule has 66 valence electrons. The molecular formula is C6H7F2N3O. The molecule has 2 heterocycles. The minimum absolute atomic E-state index is 0.0353. The van der Waals surface area contributed by atoms with Crippen molar-refractivity contribution in [1.82, 2.24) is 14.8 Å². The van der Waals surface area contributed by atoms with Crippen molar-refractivity contribution in [2.45, 2.75) is 25.3 Å². The zero-order chi connectivity index (χ0) is 8.72. The van der Waals surface area contributed by atoms with Crippen molar-refractivity contribution in [3.8, 4) is 0 Å². The largest absolute Gasteiger partial charge is 0.343 e. The number of nitrogens with zero attached hydrogens (tertiary/aromatic N) is 2. The first-order chi connectivity index (χ1) is 5.70. The summed E-state index contributed by atoms with van der Waals surface area (Å²) in [6, 6.07) is 0. The standard InChI is InChI=1S/C6H7F2N3O/c7-3-1-2-11-5(4(3)8)9-10-6(11)12/h3-4H,1-2H2,(H,10,12). The number of aromatic amines is 1. The molecule has 0 bridgehead atoms. The minimum atomic E-state index is -1.77. The summed E-state index contributed by atoms with van der Waals surface area (Å²) in [5.41, 5.74) is -0.473. The summed E-state index contributed by atoms with van der Waals surface area (Å²) < 4.78 is 26.8. The Bertz CT molecular complexity index is 345. The lowest BCUT2D eigenvalue weighted by atomic mass is 10.1. The van der Waals surface area contributed by atoms with Crippen LogP contribution in [0.1, 0.15) is 18.4 Å². The van der Waals surface area contributed by atoms with Crippen LogP contribution in [0, 0.1) is 0 Å². The van der Waals surface area contributed by atoms with E-state index in [0.717, 1.165) is 4.57 Å². The Morgan fingerprint density at radius 2 is 2.33 bits per heavy atom. The number of halogens is 2. The zero-order valence-electron chi connectivity index (χ0n) is 6.13. The molecule has 0 saturated heterocycles. The van der Waals surface area contributed by atoms with Crippen molar-refractivity contribution in [2.75, 3.05) is 0 Å². The average molecular weight is 175 g/mol. The maximum absolute atomic E-state index is 13.0. The molecule has 0 aromatic carbocycles. The van der Waals surface area contributed by atoms with Crippen molar-refractivity contribution in [3.63, 3.8) is 0 Å². The molecule has 1 N–H and O–H groups in total. The van der Waals surface area contributed by atoms with Crippen molar-refractivity contribution < 1.29 is 8.78 Å². The monoisotopic (exact) mass is 175 g/mol. The zero-order valence-corrected chi connectivity index (χ0v) is 6.13. The van der Waals surface area contributed by atoms with E-state index in [9.17, 15) is 13.6 Å². The number of hydrogen-bond acceptors (Lipinski definition) is 2. The molecule has 2 unspecified atom stereocenters. The Hall–Kier alpha value is -1.20. The van der Waals surface area contributed by atoms with Gasteiger partial charge in [0.2, 0.25) is 0 Å². The quantitative estimate of drug-likeness (QED) is 0.617. The molecule has 0 radical (unpaired) electrons. The molecule has 1 aromatic rings. The molecule has 1 aromatic heterocycles. The van der Waals surface area contributed by atoms with Gasteiger partial charge in [0.25, 0.3) is 0 Å². The van der Waals surface area contributed by atoms with Crippen molar-refractivity contribution in [3.05, 3.63) is 16.3 Å². The topological polar surface area (TPSA) is 50.7 Å². The summed E-state index contributed by atoms with van der Waals surface area (Å²) in [7, 11) is 0. The first-order valence-electron chi connectivity index (χ1n) is 3.63.